The molecule has 0 saturated carbocycles. The Morgan fingerprint density at radius 1 is 1.43 bits per heavy atom. The zero-order valence-electron chi connectivity index (χ0n) is 8.97. The molecule has 0 bridgehead atoms. The number of hydrogen-bond donors (Lipinski definition) is 1. The second-order valence-electron chi connectivity index (χ2n) is 3.98. The Morgan fingerprint density at radius 3 is 2.57 bits per heavy atom. The lowest BCUT2D eigenvalue weighted by Gasteiger charge is -2.25. The van der Waals surface area contributed by atoms with Gasteiger partial charge in [0, 0.05) is 0 Å². The van der Waals surface area contributed by atoms with E-state index in [0.29, 0.717) is 6.42 Å². The highest BCUT2D eigenvalue weighted by atomic mass is 19.1. The highest BCUT2D eigenvalue weighted by Gasteiger charge is 2.23. The first-order valence-electron chi connectivity index (χ1n) is 4.96. The molecule has 78 valence electrons. The Bertz CT molecular complexity index is 318. The highest BCUT2D eigenvalue weighted by Crippen LogP contribution is 2.28. The topological polar surface area (TPSA) is 20.2 Å². The van der Waals surface area contributed by atoms with Crippen molar-refractivity contribution in [3.63, 3.8) is 0 Å². The van der Waals surface area contributed by atoms with Gasteiger partial charge >= 0.3 is 0 Å². The third kappa shape index (κ3) is 2.32. The van der Waals surface area contributed by atoms with E-state index in [1.165, 1.54) is 12.1 Å². The first kappa shape index (κ1) is 11.2. The van der Waals surface area contributed by atoms with Gasteiger partial charge in [0.25, 0.3) is 0 Å². The SMILES string of the molecule is CCCC(C)(O)c1ccc(F)cc1C. The van der Waals surface area contributed by atoms with Gasteiger partial charge < -0.3 is 5.11 Å². The summed E-state index contributed by atoms with van der Waals surface area (Å²) in [4.78, 5) is 0. The van der Waals surface area contributed by atoms with Gasteiger partial charge in [-0.15, -0.1) is 0 Å². The Hall–Kier alpha value is -0.890. The molecular weight excluding hydrogens is 179 g/mol. The van der Waals surface area contributed by atoms with Gasteiger partial charge in [0.2, 0.25) is 0 Å². The van der Waals surface area contributed by atoms with Crippen LogP contribution in [0.4, 0.5) is 4.39 Å². The van der Waals surface area contributed by atoms with Crippen molar-refractivity contribution in [2.24, 2.45) is 0 Å². The Labute approximate surface area is 84.6 Å². The van der Waals surface area contributed by atoms with Crippen molar-refractivity contribution in [1.82, 2.24) is 0 Å². The number of rotatable bonds is 3. The van der Waals surface area contributed by atoms with Crippen molar-refractivity contribution < 1.29 is 9.50 Å². The monoisotopic (exact) mass is 196 g/mol. The summed E-state index contributed by atoms with van der Waals surface area (Å²) in [7, 11) is 0. The number of benzene rings is 1. The molecule has 0 spiro atoms. The number of aryl methyl sites for hydroxylation is 1. The normalized spacial score (nSPS) is 15.2. The van der Waals surface area contributed by atoms with E-state index in [4.69, 9.17) is 0 Å². The van der Waals surface area contributed by atoms with Crippen LogP contribution in [-0.2, 0) is 5.60 Å². The molecule has 1 nitrogen and oxygen atoms in total. The molecule has 0 aliphatic carbocycles. The van der Waals surface area contributed by atoms with Crippen molar-refractivity contribution in [1.29, 1.82) is 0 Å². The van der Waals surface area contributed by atoms with Crippen molar-refractivity contribution in [3.8, 4) is 0 Å². The van der Waals surface area contributed by atoms with E-state index in [-0.39, 0.29) is 5.82 Å². The smallest absolute Gasteiger partial charge is 0.123 e. The van der Waals surface area contributed by atoms with E-state index < -0.39 is 5.60 Å². The van der Waals surface area contributed by atoms with E-state index in [0.717, 1.165) is 17.5 Å². The van der Waals surface area contributed by atoms with Crippen LogP contribution < -0.4 is 0 Å². The molecule has 0 aliphatic rings. The van der Waals surface area contributed by atoms with Crippen LogP contribution in [0.5, 0.6) is 0 Å². The maximum absolute atomic E-state index is 12.8. The fourth-order valence-corrected chi connectivity index (χ4v) is 1.85. The average molecular weight is 196 g/mol. The van der Waals surface area contributed by atoms with Crippen molar-refractivity contribution >= 4 is 0 Å². The first-order valence-corrected chi connectivity index (χ1v) is 4.96. The average Bonchev–Trinajstić information content (AvgIpc) is 2.02. The third-order valence-electron chi connectivity index (χ3n) is 2.51. The molecule has 2 heteroatoms. The predicted octanol–water partition coefficient (Wildman–Crippen LogP) is 3.14. The summed E-state index contributed by atoms with van der Waals surface area (Å²) < 4.78 is 12.8. The van der Waals surface area contributed by atoms with Gasteiger partial charge in [0.15, 0.2) is 0 Å². The van der Waals surface area contributed by atoms with Gasteiger partial charge in [-0.25, -0.2) is 4.39 Å². The summed E-state index contributed by atoms with van der Waals surface area (Å²) in [5.41, 5.74) is 0.788. The van der Waals surface area contributed by atoms with Gasteiger partial charge in [-0.3, -0.25) is 0 Å². The number of aliphatic hydroxyl groups is 1. The van der Waals surface area contributed by atoms with E-state index in [2.05, 4.69) is 0 Å². The van der Waals surface area contributed by atoms with Crippen LogP contribution in [0.1, 0.15) is 37.8 Å². The molecule has 1 aromatic carbocycles. The first-order chi connectivity index (χ1) is 6.47. The Kier molecular flexibility index (Phi) is 3.27. The highest BCUT2D eigenvalue weighted by molar-refractivity contribution is 5.31. The van der Waals surface area contributed by atoms with Crippen LogP contribution in [-0.4, -0.2) is 5.11 Å². The second-order valence-corrected chi connectivity index (χ2v) is 3.98. The fourth-order valence-electron chi connectivity index (χ4n) is 1.85. The van der Waals surface area contributed by atoms with Crippen LogP contribution in [0, 0.1) is 12.7 Å². The van der Waals surface area contributed by atoms with E-state index in [1.807, 2.05) is 13.8 Å². The Morgan fingerprint density at radius 2 is 2.07 bits per heavy atom. The van der Waals surface area contributed by atoms with E-state index in [9.17, 15) is 9.50 Å². The number of halogens is 1. The largest absolute Gasteiger partial charge is 0.385 e. The fraction of sp³-hybridized carbons (Fsp3) is 0.500. The minimum Gasteiger partial charge on any atom is -0.385 e. The second kappa shape index (κ2) is 4.09. The molecule has 14 heavy (non-hydrogen) atoms. The molecule has 0 saturated heterocycles. The molecule has 0 amide bonds. The van der Waals surface area contributed by atoms with Gasteiger partial charge in [-0.05, 0) is 43.5 Å². The van der Waals surface area contributed by atoms with Gasteiger partial charge in [0.05, 0.1) is 5.60 Å². The van der Waals surface area contributed by atoms with Gasteiger partial charge in [-0.1, -0.05) is 19.4 Å². The molecule has 0 aliphatic heterocycles. The standard InChI is InChI=1S/C12H17FO/c1-4-7-12(3,14)11-6-5-10(13)8-9(11)2/h5-6,8,14H,4,7H2,1-3H3. The maximum atomic E-state index is 12.8. The van der Waals surface area contributed by atoms with Crippen molar-refractivity contribution in [2.75, 3.05) is 0 Å². The molecule has 1 rings (SSSR count). The maximum Gasteiger partial charge on any atom is 0.123 e. The van der Waals surface area contributed by atoms with Crippen LogP contribution in [0.2, 0.25) is 0 Å². The molecule has 0 aromatic heterocycles. The molecule has 1 unspecified atom stereocenters. The molecular formula is C12H17FO. The van der Waals surface area contributed by atoms with E-state index >= 15 is 0 Å². The summed E-state index contributed by atoms with van der Waals surface area (Å²) in [6.45, 7) is 5.62. The van der Waals surface area contributed by atoms with E-state index in [1.54, 1.807) is 13.0 Å². The molecule has 0 radical (unpaired) electrons. The minimum absolute atomic E-state index is 0.251. The zero-order chi connectivity index (χ0) is 10.8. The lowest BCUT2D eigenvalue weighted by molar-refractivity contribution is 0.0463. The van der Waals surface area contributed by atoms with Crippen LogP contribution >= 0.6 is 0 Å². The third-order valence-corrected chi connectivity index (χ3v) is 2.51. The van der Waals surface area contributed by atoms with Crippen molar-refractivity contribution in [3.05, 3.63) is 35.1 Å². The molecule has 0 heterocycles. The molecule has 1 N–H and O–H groups in total. The summed E-state index contributed by atoms with van der Waals surface area (Å²) in [6.07, 6.45) is 1.60. The van der Waals surface area contributed by atoms with Crippen LogP contribution in [0.3, 0.4) is 0 Å². The summed E-state index contributed by atoms with van der Waals surface area (Å²) in [5.74, 6) is -0.251. The lowest BCUT2D eigenvalue weighted by Crippen LogP contribution is -2.22. The number of hydrogen-bond acceptors (Lipinski definition) is 1. The Balaban J connectivity index is 3.06. The van der Waals surface area contributed by atoms with Gasteiger partial charge in [0.1, 0.15) is 5.82 Å². The molecule has 1 aromatic rings. The van der Waals surface area contributed by atoms with Crippen LogP contribution in [0.25, 0.3) is 0 Å². The predicted molar refractivity (Wildman–Crippen MR) is 55.6 cm³/mol. The van der Waals surface area contributed by atoms with Gasteiger partial charge in [-0.2, -0.15) is 0 Å². The minimum atomic E-state index is -0.841. The zero-order valence-corrected chi connectivity index (χ0v) is 8.97. The quantitative estimate of drug-likeness (QED) is 0.787. The lowest BCUT2D eigenvalue weighted by atomic mass is 9.88. The molecule has 1 atom stereocenters. The van der Waals surface area contributed by atoms with Crippen LogP contribution in [0.15, 0.2) is 18.2 Å². The summed E-state index contributed by atoms with van der Waals surface area (Å²) in [6, 6.07) is 4.52. The van der Waals surface area contributed by atoms with Crippen molar-refractivity contribution in [2.45, 2.75) is 39.2 Å². The summed E-state index contributed by atoms with van der Waals surface area (Å²) >= 11 is 0. The molecule has 0 fully saturated rings. The summed E-state index contributed by atoms with van der Waals surface area (Å²) in [5, 5.41) is 10.1.